The summed E-state index contributed by atoms with van der Waals surface area (Å²) in [6.45, 7) is 14.7. The minimum absolute atomic E-state index is 0.0642. The summed E-state index contributed by atoms with van der Waals surface area (Å²) in [5.41, 5.74) is 5.15. The molecule has 3 rings (SSSR count). The zero-order chi connectivity index (χ0) is 23.1. The molecular formula is C25H31N5OS. The Kier molecular flexibility index (Phi) is 8.11. The van der Waals surface area contributed by atoms with Crippen LogP contribution in [0.15, 0.2) is 60.3 Å². The molecule has 1 heterocycles. The van der Waals surface area contributed by atoms with E-state index in [1.54, 1.807) is 0 Å². The number of allylic oxidation sites excluding steroid dienone is 1. The number of thioether (sulfide) groups is 1. The molecule has 0 saturated heterocycles. The van der Waals surface area contributed by atoms with E-state index in [2.05, 4.69) is 65.1 Å². The lowest BCUT2D eigenvalue weighted by Crippen LogP contribution is -2.21. The molecule has 0 fully saturated rings. The number of rotatable bonds is 10. The third-order valence-corrected chi connectivity index (χ3v) is 6.33. The van der Waals surface area contributed by atoms with Crippen LogP contribution < -0.4 is 10.2 Å². The Morgan fingerprint density at radius 1 is 1.09 bits per heavy atom. The number of anilines is 2. The zero-order valence-electron chi connectivity index (χ0n) is 19.3. The van der Waals surface area contributed by atoms with Crippen LogP contribution in [0.3, 0.4) is 0 Å². The highest BCUT2D eigenvalue weighted by Crippen LogP contribution is 2.27. The Labute approximate surface area is 194 Å². The summed E-state index contributed by atoms with van der Waals surface area (Å²) in [5, 5.41) is 12.5. The number of benzene rings is 2. The maximum absolute atomic E-state index is 12.6. The number of amides is 1. The molecule has 0 aliphatic heterocycles. The average molecular weight is 450 g/mol. The number of hydrogen-bond donors (Lipinski definition) is 1. The largest absolute Gasteiger partial charge is 0.372 e. The van der Waals surface area contributed by atoms with Crippen molar-refractivity contribution in [2.24, 2.45) is 0 Å². The first-order chi connectivity index (χ1) is 15.5. The van der Waals surface area contributed by atoms with Crippen LogP contribution in [0.4, 0.5) is 11.4 Å². The van der Waals surface area contributed by atoms with Gasteiger partial charge in [0, 0.05) is 36.6 Å². The van der Waals surface area contributed by atoms with Gasteiger partial charge in [-0.3, -0.25) is 9.36 Å². The summed E-state index contributed by atoms with van der Waals surface area (Å²) in [4.78, 5) is 14.9. The first kappa shape index (κ1) is 23.6. The van der Waals surface area contributed by atoms with Crippen molar-refractivity contribution < 1.29 is 4.79 Å². The smallest absolute Gasteiger partial charge is 0.234 e. The molecule has 0 aliphatic carbocycles. The normalized spacial score (nSPS) is 10.8. The first-order valence-corrected chi connectivity index (χ1v) is 11.8. The highest BCUT2D eigenvalue weighted by atomic mass is 32.2. The topological polar surface area (TPSA) is 63.1 Å². The molecule has 3 aromatic rings. The fourth-order valence-corrected chi connectivity index (χ4v) is 4.38. The zero-order valence-corrected chi connectivity index (χ0v) is 20.1. The van der Waals surface area contributed by atoms with Gasteiger partial charge in [0.25, 0.3) is 0 Å². The van der Waals surface area contributed by atoms with Crippen molar-refractivity contribution >= 4 is 29.0 Å². The number of carbonyl (C=O) groups is 1. The Hall–Kier alpha value is -3.06. The minimum atomic E-state index is -0.0642. The highest BCUT2D eigenvalue weighted by Gasteiger charge is 2.16. The van der Waals surface area contributed by atoms with E-state index in [1.807, 2.05) is 42.7 Å². The molecule has 1 N–H and O–H groups in total. The molecule has 168 valence electrons. The highest BCUT2D eigenvalue weighted by molar-refractivity contribution is 7.99. The fraction of sp³-hybridized carbons (Fsp3) is 0.320. The van der Waals surface area contributed by atoms with Crippen molar-refractivity contribution in [2.75, 3.05) is 29.1 Å². The van der Waals surface area contributed by atoms with Crippen molar-refractivity contribution in [1.82, 2.24) is 14.8 Å². The molecule has 0 bridgehead atoms. The molecule has 0 unspecified atom stereocenters. The van der Waals surface area contributed by atoms with Crippen LogP contribution >= 0.6 is 11.8 Å². The SMILES string of the molecule is C=CCn1c(SCC(=O)Nc2c(C)cccc2C)nnc1-c1ccc(N(CC)CC)cc1. The Bertz CT molecular complexity index is 1050. The van der Waals surface area contributed by atoms with Gasteiger partial charge in [-0.25, -0.2) is 0 Å². The van der Waals surface area contributed by atoms with Crippen LogP contribution in [0, 0.1) is 13.8 Å². The van der Waals surface area contributed by atoms with Crippen molar-refractivity contribution in [1.29, 1.82) is 0 Å². The van der Waals surface area contributed by atoms with E-state index in [4.69, 9.17) is 0 Å². The van der Waals surface area contributed by atoms with Crippen LogP contribution in [0.2, 0.25) is 0 Å². The van der Waals surface area contributed by atoms with Crippen LogP contribution in [0.5, 0.6) is 0 Å². The van der Waals surface area contributed by atoms with Crippen LogP contribution in [-0.4, -0.2) is 39.5 Å². The summed E-state index contributed by atoms with van der Waals surface area (Å²) in [5.74, 6) is 0.962. The molecule has 0 spiro atoms. The predicted octanol–water partition coefficient (Wildman–Crippen LogP) is 5.32. The third-order valence-electron chi connectivity index (χ3n) is 5.36. The van der Waals surface area contributed by atoms with Gasteiger partial charge < -0.3 is 10.2 Å². The molecule has 0 atom stereocenters. The van der Waals surface area contributed by atoms with Crippen LogP contribution in [0.25, 0.3) is 11.4 Å². The van der Waals surface area contributed by atoms with Crippen molar-refractivity contribution in [3.8, 4) is 11.4 Å². The number of aryl methyl sites for hydroxylation is 2. The maximum Gasteiger partial charge on any atom is 0.234 e. The summed E-state index contributed by atoms with van der Waals surface area (Å²) in [6, 6.07) is 14.3. The number of aromatic nitrogens is 3. The van der Waals surface area contributed by atoms with Gasteiger partial charge in [0.05, 0.1) is 5.75 Å². The third kappa shape index (κ3) is 5.40. The summed E-state index contributed by atoms with van der Waals surface area (Å²) in [7, 11) is 0. The van der Waals surface area contributed by atoms with E-state index >= 15 is 0 Å². The molecule has 1 amide bonds. The molecule has 0 radical (unpaired) electrons. The second kappa shape index (κ2) is 11.0. The Morgan fingerprint density at radius 3 is 2.34 bits per heavy atom. The summed E-state index contributed by atoms with van der Waals surface area (Å²) >= 11 is 1.38. The van der Waals surface area contributed by atoms with Gasteiger partial charge in [-0.1, -0.05) is 36.0 Å². The van der Waals surface area contributed by atoms with Crippen LogP contribution in [0.1, 0.15) is 25.0 Å². The van der Waals surface area contributed by atoms with Crippen molar-refractivity contribution in [3.05, 3.63) is 66.2 Å². The molecule has 1 aromatic heterocycles. The number of nitrogens with zero attached hydrogens (tertiary/aromatic N) is 4. The molecule has 2 aromatic carbocycles. The van der Waals surface area contributed by atoms with E-state index in [9.17, 15) is 4.79 Å². The lowest BCUT2D eigenvalue weighted by molar-refractivity contribution is -0.113. The van der Waals surface area contributed by atoms with E-state index in [0.717, 1.165) is 41.3 Å². The monoisotopic (exact) mass is 449 g/mol. The quantitative estimate of drug-likeness (QED) is 0.335. The number of hydrogen-bond acceptors (Lipinski definition) is 5. The predicted molar refractivity (Wildman–Crippen MR) is 134 cm³/mol. The number of nitrogens with one attached hydrogen (secondary N) is 1. The molecule has 6 nitrogen and oxygen atoms in total. The summed E-state index contributed by atoms with van der Waals surface area (Å²) in [6.07, 6.45) is 1.82. The van der Waals surface area contributed by atoms with Gasteiger partial charge in [-0.15, -0.1) is 16.8 Å². The average Bonchev–Trinajstić information content (AvgIpc) is 3.19. The molecular weight excluding hydrogens is 418 g/mol. The van der Waals surface area contributed by atoms with Gasteiger partial charge in [0.2, 0.25) is 5.91 Å². The van der Waals surface area contributed by atoms with E-state index in [0.29, 0.717) is 11.7 Å². The van der Waals surface area contributed by atoms with Gasteiger partial charge in [0.15, 0.2) is 11.0 Å². The van der Waals surface area contributed by atoms with Gasteiger partial charge in [-0.2, -0.15) is 0 Å². The lowest BCUT2D eigenvalue weighted by atomic mass is 10.1. The second-order valence-corrected chi connectivity index (χ2v) is 8.47. The Morgan fingerprint density at radius 2 is 1.75 bits per heavy atom. The van der Waals surface area contributed by atoms with E-state index < -0.39 is 0 Å². The number of para-hydroxylation sites is 1. The van der Waals surface area contributed by atoms with Crippen molar-refractivity contribution in [2.45, 2.75) is 39.4 Å². The van der Waals surface area contributed by atoms with Crippen LogP contribution in [-0.2, 0) is 11.3 Å². The minimum Gasteiger partial charge on any atom is -0.372 e. The first-order valence-electron chi connectivity index (χ1n) is 10.9. The molecule has 32 heavy (non-hydrogen) atoms. The van der Waals surface area contributed by atoms with Gasteiger partial charge in [0.1, 0.15) is 0 Å². The fourth-order valence-electron chi connectivity index (χ4n) is 3.63. The molecule has 0 aliphatic rings. The Balaban J connectivity index is 1.75. The lowest BCUT2D eigenvalue weighted by Gasteiger charge is -2.21. The second-order valence-electron chi connectivity index (χ2n) is 7.53. The maximum atomic E-state index is 12.6. The van der Waals surface area contributed by atoms with Gasteiger partial charge in [-0.05, 0) is 63.1 Å². The van der Waals surface area contributed by atoms with E-state index in [1.165, 1.54) is 17.4 Å². The summed E-state index contributed by atoms with van der Waals surface area (Å²) < 4.78 is 2.00. The van der Waals surface area contributed by atoms with Crippen molar-refractivity contribution in [3.63, 3.8) is 0 Å². The standard InChI is InChI=1S/C25H31N5OS/c1-6-16-30-24(20-12-14-21(15-13-20)29(7-2)8-3)27-28-25(30)32-17-22(31)26-23-18(4)10-9-11-19(23)5/h6,9-15H,1,7-8,16-17H2,2-5H3,(H,26,31). The van der Waals surface area contributed by atoms with Gasteiger partial charge >= 0.3 is 0 Å². The molecule has 7 heteroatoms. The van der Waals surface area contributed by atoms with E-state index in [-0.39, 0.29) is 11.7 Å². The molecule has 0 saturated carbocycles. The number of carbonyl (C=O) groups excluding carboxylic acids is 1.